The Labute approximate surface area is 118 Å². The van der Waals surface area contributed by atoms with Crippen LogP contribution in [0.4, 0.5) is 4.39 Å². The van der Waals surface area contributed by atoms with E-state index in [2.05, 4.69) is 21.0 Å². The Morgan fingerprint density at radius 2 is 2.16 bits per heavy atom. The quantitative estimate of drug-likeness (QED) is 0.934. The lowest BCUT2D eigenvalue weighted by Gasteiger charge is -2.04. The lowest BCUT2D eigenvalue weighted by molar-refractivity contribution is 0.0697. The van der Waals surface area contributed by atoms with Gasteiger partial charge in [-0.3, -0.25) is 4.68 Å². The number of nitrogens with zero attached hydrogens (tertiary/aromatic N) is 2. The van der Waals surface area contributed by atoms with Crippen molar-refractivity contribution in [3.8, 4) is 11.3 Å². The molecule has 0 atom stereocenters. The molecule has 2 aromatic rings. The molecule has 0 amide bonds. The van der Waals surface area contributed by atoms with Crippen LogP contribution in [-0.4, -0.2) is 20.9 Å². The third kappa shape index (κ3) is 2.68. The average molecular weight is 327 g/mol. The number of carboxylic acids is 1. The zero-order chi connectivity index (χ0) is 14.2. The summed E-state index contributed by atoms with van der Waals surface area (Å²) in [5.74, 6) is -1.63. The van der Waals surface area contributed by atoms with Crippen molar-refractivity contribution in [2.24, 2.45) is 0 Å². The van der Waals surface area contributed by atoms with Crippen molar-refractivity contribution in [2.75, 3.05) is 0 Å². The lowest BCUT2D eigenvalue weighted by atomic mass is 10.1. The number of carboxylic acid groups (broad SMARTS) is 1. The second kappa shape index (κ2) is 5.13. The van der Waals surface area contributed by atoms with Gasteiger partial charge in [-0.25, -0.2) is 9.18 Å². The van der Waals surface area contributed by atoms with Gasteiger partial charge in [-0.1, -0.05) is 15.9 Å². The van der Waals surface area contributed by atoms with E-state index in [1.165, 1.54) is 23.0 Å². The van der Waals surface area contributed by atoms with E-state index in [0.29, 0.717) is 4.47 Å². The summed E-state index contributed by atoms with van der Waals surface area (Å²) in [5.41, 5.74) is 0.320. The number of aromatic carboxylic acids is 1. The van der Waals surface area contributed by atoms with Gasteiger partial charge in [-0.05, 0) is 32.0 Å². The van der Waals surface area contributed by atoms with Crippen LogP contribution in [0.25, 0.3) is 11.3 Å². The van der Waals surface area contributed by atoms with E-state index in [4.69, 9.17) is 0 Å². The minimum Gasteiger partial charge on any atom is -0.478 e. The van der Waals surface area contributed by atoms with Crippen LogP contribution in [0.3, 0.4) is 0 Å². The predicted octanol–water partition coefficient (Wildman–Crippen LogP) is 3.73. The molecule has 0 aliphatic carbocycles. The van der Waals surface area contributed by atoms with E-state index in [0.717, 1.165) is 0 Å². The first-order valence-corrected chi connectivity index (χ1v) is 6.47. The Kier molecular flexibility index (Phi) is 3.71. The summed E-state index contributed by atoms with van der Waals surface area (Å²) in [6.07, 6.45) is 1.42. The topological polar surface area (TPSA) is 55.1 Å². The van der Waals surface area contributed by atoms with E-state index in [1.54, 1.807) is 6.07 Å². The second-order valence-corrected chi connectivity index (χ2v) is 5.31. The third-order valence-electron chi connectivity index (χ3n) is 2.68. The van der Waals surface area contributed by atoms with Gasteiger partial charge in [0.1, 0.15) is 17.1 Å². The number of benzene rings is 1. The molecule has 1 N–H and O–H groups in total. The summed E-state index contributed by atoms with van der Waals surface area (Å²) >= 11 is 3.16. The monoisotopic (exact) mass is 326 g/mol. The first-order chi connectivity index (χ1) is 8.90. The number of carbonyl (C=O) groups is 1. The summed E-state index contributed by atoms with van der Waals surface area (Å²) in [4.78, 5) is 11.2. The normalized spacial score (nSPS) is 11.0. The fraction of sp³-hybridized carbons (Fsp3) is 0.231. The maximum Gasteiger partial charge on any atom is 0.339 e. The largest absolute Gasteiger partial charge is 0.478 e. The molecule has 0 saturated carbocycles. The number of rotatable bonds is 3. The molecular weight excluding hydrogens is 315 g/mol. The third-order valence-corrected chi connectivity index (χ3v) is 3.17. The highest BCUT2D eigenvalue weighted by atomic mass is 79.9. The van der Waals surface area contributed by atoms with Crippen LogP contribution in [0.15, 0.2) is 28.9 Å². The Morgan fingerprint density at radius 3 is 2.68 bits per heavy atom. The molecule has 100 valence electrons. The summed E-state index contributed by atoms with van der Waals surface area (Å²) in [6.45, 7) is 3.75. The molecule has 0 aliphatic heterocycles. The molecule has 1 aromatic heterocycles. The molecule has 4 nitrogen and oxygen atoms in total. The molecule has 0 saturated heterocycles. The standard InChI is InChI=1S/C13H12BrFN2O2/c1-7(2)17-6-10(13(18)19)12(16-17)9-4-3-8(14)5-11(9)15/h3-7H,1-2H3,(H,18,19). The molecule has 1 heterocycles. The highest BCUT2D eigenvalue weighted by Gasteiger charge is 2.20. The SMILES string of the molecule is CC(C)n1cc(C(=O)O)c(-c2ccc(Br)cc2F)n1. The van der Waals surface area contributed by atoms with Crippen molar-refractivity contribution < 1.29 is 14.3 Å². The van der Waals surface area contributed by atoms with Crippen LogP contribution < -0.4 is 0 Å². The predicted molar refractivity (Wildman–Crippen MR) is 72.7 cm³/mol. The van der Waals surface area contributed by atoms with Gasteiger partial charge in [0.2, 0.25) is 0 Å². The molecule has 0 bridgehead atoms. The zero-order valence-electron chi connectivity index (χ0n) is 10.4. The number of hydrogen-bond donors (Lipinski definition) is 1. The van der Waals surface area contributed by atoms with Gasteiger partial charge < -0.3 is 5.11 Å². The van der Waals surface area contributed by atoms with E-state index in [1.807, 2.05) is 13.8 Å². The van der Waals surface area contributed by atoms with E-state index in [-0.39, 0.29) is 22.9 Å². The maximum absolute atomic E-state index is 13.9. The van der Waals surface area contributed by atoms with Gasteiger partial charge >= 0.3 is 5.97 Å². The highest BCUT2D eigenvalue weighted by Crippen LogP contribution is 2.28. The minimum atomic E-state index is -1.12. The lowest BCUT2D eigenvalue weighted by Crippen LogP contribution is -2.01. The molecule has 19 heavy (non-hydrogen) atoms. The van der Waals surface area contributed by atoms with Crippen LogP contribution in [-0.2, 0) is 0 Å². The van der Waals surface area contributed by atoms with Crippen molar-refractivity contribution in [2.45, 2.75) is 19.9 Å². The van der Waals surface area contributed by atoms with E-state index in [9.17, 15) is 14.3 Å². The molecule has 0 fully saturated rings. The first-order valence-electron chi connectivity index (χ1n) is 5.68. The van der Waals surface area contributed by atoms with Crippen LogP contribution in [0.1, 0.15) is 30.2 Å². The molecular formula is C13H12BrFN2O2. The number of halogens is 2. The van der Waals surface area contributed by atoms with Crippen LogP contribution >= 0.6 is 15.9 Å². The van der Waals surface area contributed by atoms with Gasteiger partial charge in [0.15, 0.2) is 0 Å². The highest BCUT2D eigenvalue weighted by molar-refractivity contribution is 9.10. The number of aromatic nitrogens is 2. The van der Waals surface area contributed by atoms with Crippen LogP contribution in [0.5, 0.6) is 0 Å². The Balaban J connectivity index is 2.63. The fourth-order valence-electron chi connectivity index (χ4n) is 1.69. The van der Waals surface area contributed by atoms with Crippen LogP contribution in [0, 0.1) is 5.82 Å². The summed E-state index contributed by atoms with van der Waals surface area (Å²) in [5, 5.41) is 13.4. The van der Waals surface area contributed by atoms with Crippen molar-refractivity contribution in [3.05, 3.63) is 40.2 Å². The summed E-state index contributed by atoms with van der Waals surface area (Å²) in [6, 6.07) is 4.46. The summed E-state index contributed by atoms with van der Waals surface area (Å²) < 4.78 is 16.0. The van der Waals surface area contributed by atoms with E-state index >= 15 is 0 Å². The van der Waals surface area contributed by atoms with Crippen molar-refractivity contribution >= 4 is 21.9 Å². The first kappa shape index (κ1) is 13.7. The van der Waals surface area contributed by atoms with Gasteiger partial charge in [-0.15, -0.1) is 0 Å². The number of hydrogen-bond acceptors (Lipinski definition) is 2. The Hall–Kier alpha value is -1.69. The van der Waals surface area contributed by atoms with Crippen molar-refractivity contribution in [1.82, 2.24) is 9.78 Å². The molecule has 1 aromatic carbocycles. The molecule has 6 heteroatoms. The maximum atomic E-state index is 13.9. The molecule has 0 aliphatic rings. The van der Waals surface area contributed by atoms with E-state index < -0.39 is 11.8 Å². The minimum absolute atomic E-state index is 0.00470. The average Bonchev–Trinajstić information content (AvgIpc) is 2.73. The molecule has 0 unspecified atom stereocenters. The zero-order valence-corrected chi connectivity index (χ0v) is 12.0. The second-order valence-electron chi connectivity index (χ2n) is 4.39. The molecule has 2 rings (SSSR count). The van der Waals surface area contributed by atoms with Gasteiger partial charge in [0.25, 0.3) is 0 Å². The molecule has 0 spiro atoms. The fourth-order valence-corrected chi connectivity index (χ4v) is 2.03. The van der Waals surface area contributed by atoms with Crippen LogP contribution in [0.2, 0.25) is 0 Å². The molecule has 0 radical (unpaired) electrons. The van der Waals surface area contributed by atoms with Gasteiger partial charge in [0, 0.05) is 22.3 Å². The van der Waals surface area contributed by atoms with Crippen molar-refractivity contribution in [3.63, 3.8) is 0 Å². The smallest absolute Gasteiger partial charge is 0.339 e. The summed E-state index contributed by atoms with van der Waals surface area (Å²) in [7, 11) is 0. The Bertz CT molecular complexity index is 638. The van der Waals surface area contributed by atoms with Gasteiger partial charge in [-0.2, -0.15) is 5.10 Å². The van der Waals surface area contributed by atoms with Gasteiger partial charge in [0.05, 0.1) is 0 Å². The van der Waals surface area contributed by atoms with Crippen molar-refractivity contribution in [1.29, 1.82) is 0 Å². The Morgan fingerprint density at radius 1 is 1.47 bits per heavy atom.